The van der Waals surface area contributed by atoms with Crippen molar-refractivity contribution in [3.05, 3.63) is 65.7 Å². The third-order valence-corrected chi connectivity index (χ3v) is 3.57. The zero-order chi connectivity index (χ0) is 19.6. The van der Waals surface area contributed by atoms with Crippen molar-refractivity contribution in [3.8, 4) is 0 Å². The lowest BCUT2D eigenvalue weighted by Crippen LogP contribution is -2.72. The summed E-state index contributed by atoms with van der Waals surface area (Å²) >= 11 is 0. The summed E-state index contributed by atoms with van der Waals surface area (Å²) in [6.07, 6.45) is -11.7. The van der Waals surface area contributed by atoms with Gasteiger partial charge >= 0.3 is 18.0 Å². The Morgan fingerprint density at radius 3 is 1.77 bits per heavy atom. The number of amides is 1. The molecular weight excluding hydrogens is 362 g/mol. The van der Waals surface area contributed by atoms with Crippen LogP contribution in [0.1, 0.15) is 15.9 Å². The fraction of sp³-hybridized carbons (Fsp3) is 0.235. The van der Waals surface area contributed by atoms with Gasteiger partial charge in [0, 0.05) is 11.3 Å². The Morgan fingerprint density at radius 2 is 1.31 bits per heavy atom. The third-order valence-electron chi connectivity index (χ3n) is 3.57. The number of carbonyl (C=O) groups excluding carboxylic acids is 1. The lowest BCUT2D eigenvalue weighted by atomic mass is 10.1. The highest BCUT2D eigenvalue weighted by molar-refractivity contribution is 5.95. The predicted molar refractivity (Wildman–Crippen MR) is 83.6 cm³/mol. The van der Waals surface area contributed by atoms with Gasteiger partial charge in [0.05, 0.1) is 0 Å². The van der Waals surface area contributed by atoms with E-state index in [2.05, 4.69) is 0 Å². The molecular formula is C17H14F6N2O. The molecule has 0 aliphatic carbocycles. The highest BCUT2D eigenvalue weighted by Gasteiger charge is 2.72. The average molecular weight is 376 g/mol. The molecule has 26 heavy (non-hydrogen) atoms. The topological polar surface area (TPSA) is 41.1 Å². The van der Waals surface area contributed by atoms with Crippen molar-refractivity contribution in [1.29, 1.82) is 0 Å². The van der Waals surface area contributed by atoms with Gasteiger partial charge in [0.15, 0.2) is 0 Å². The molecule has 0 heterocycles. The second kappa shape index (κ2) is 6.89. The molecule has 0 bridgehead atoms. The van der Waals surface area contributed by atoms with Crippen LogP contribution in [0.25, 0.3) is 0 Å². The normalized spacial score (nSPS) is 12.6. The molecule has 2 rings (SSSR count). The Hall–Kier alpha value is -2.71. The SMILES string of the molecule is Cc1ccc(NC(NC(=O)c2ccccc2)(C(F)(F)F)C(F)(F)F)cc1. The molecule has 0 radical (unpaired) electrons. The van der Waals surface area contributed by atoms with Gasteiger partial charge in [-0.15, -0.1) is 0 Å². The second-order valence-electron chi connectivity index (χ2n) is 5.56. The van der Waals surface area contributed by atoms with Crippen LogP contribution in [0.2, 0.25) is 0 Å². The Labute approximate surface area is 145 Å². The Bertz CT molecular complexity index is 740. The Kier molecular flexibility index (Phi) is 5.20. The fourth-order valence-electron chi connectivity index (χ4n) is 2.16. The smallest absolute Gasteiger partial charge is 0.348 e. The molecule has 2 aromatic carbocycles. The van der Waals surface area contributed by atoms with Crippen molar-refractivity contribution in [2.24, 2.45) is 0 Å². The zero-order valence-electron chi connectivity index (χ0n) is 13.4. The van der Waals surface area contributed by atoms with E-state index in [0.717, 1.165) is 29.6 Å². The number of nitrogens with one attached hydrogen (secondary N) is 2. The standard InChI is InChI=1S/C17H14F6N2O/c1-11-7-9-13(10-8-11)24-15(16(18,19)20,17(21,22)23)25-14(26)12-5-3-2-4-6-12/h2-10,24H,1H3,(H,25,26). The summed E-state index contributed by atoms with van der Waals surface area (Å²) in [5.41, 5.74) is -4.79. The molecule has 3 nitrogen and oxygen atoms in total. The molecule has 1 amide bonds. The van der Waals surface area contributed by atoms with Crippen LogP contribution in [0.3, 0.4) is 0 Å². The van der Waals surface area contributed by atoms with Crippen LogP contribution < -0.4 is 10.6 Å². The van der Waals surface area contributed by atoms with Gasteiger partial charge in [-0.3, -0.25) is 4.79 Å². The molecule has 140 valence electrons. The number of halogens is 6. The summed E-state index contributed by atoms with van der Waals surface area (Å²) in [6, 6.07) is 11.2. The first-order valence-corrected chi connectivity index (χ1v) is 7.32. The first-order valence-electron chi connectivity index (χ1n) is 7.32. The minimum Gasteiger partial charge on any atom is -0.348 e. The number of rotatable bonds is 4. The van der Waals surface area contributed by atoms with E-state index in [4.69, 9.17) is 0 Å². The summed E-state index contributed by atoms with van der Waals surface area (Å²) in [5, 5.41) is 2.51. The van der Waals surface area contributed by atoms with Gasteiger partial charge in [0.2, 0.25) is 0 Å². The number of benzene rings is 2. The van der Waals surface area contributed by atoms with Gasteiger partial charge in [-0.2, -0.15) is 26.3 Å². The van der Waals surface area contributed by atoms with Gasteiger partial charge in [-0.1, -0.05) is 35.9 Å². The van der Waals surface area contributed by atoms with Crippen molar-refractivity contribution in [3.63, 3.8) is 0 Å². The van der Waals surface area contributed by atoms with Gasteiger partial charge < -0.3 is 10.6 Å². The minimum atomic E-state index is -5.86. The van der Waals surface area contributed by atoms with E-state index in [1.54, 1.807) is 6.92 Å². The van der Waals surface area contributed by atoms with Crippen LogP contribution in [-0.4, -0.2) is 23.9 Å². The van der Waals surface area contributed by atoms with Crippen molar-refractivity contribution in [2.75, 3.05) is 5.32 Å². The highest BCUT2D eigenvalue weighted by atomic mass is 19.4. The minimum absolute atomic E-state index is 0.337. The largest absolute Gasteiger partial charge is 0.439 e. The van der Waals surface area contributed by atoms with Gasteiger partial charge in [-0.25, -0.2) is 0 Å². The van der Waals surface area contributed by atoms with E-state index in [1.165, 1.54) is 35.6 Å². The van der Waals surface area contributed by atoms with Crippen LogP contribution >= 0.6 is 0 Å². The molecule has 0 saturated heterocycles. The van der Waals surface area contributed by atoms with Gasteiger partial charge in [-0.05, 0) is 31.2 Å². The molecule has 0 aliphatic heterocycles. The first-order chi connectivity index (χ1) is 12.0. The highest BCUT2D eigenvalue weighted by Crippen LogP contribution is 2.43. The summed E-state index contributed by atoms with van der Waals surface area (Å²) in [7, 11) is 0. The van der Waals surface area contributed by atoms with E-state index in [1.807, 2.05) is 0 Å². The molecule has 0 aliphatic rings. The van der Waals surface area contributed by atoms with Crippen LogP contribution in [0, 0.1) is 6.92 Å². The first kappa shape index (κ1) is 19.6. The number of alkyl halides is 6. The Balaban J connectivity index is 2.49. The van der Waals surface area contributed by atoms with Gasteiger partial charge in [0.25, 0.3) is 5.91 Å². The molecule has 0 unspecified atom stereocenters. The average Bonchev–Trinajstić information content (AvgIpc) is 2.54. The summed E-state index contributed by atoms with van der Waals surface area (Å²) < 4.78 is 81.1. The van der Waals surface area contributed by atoms with E-state index < -0.39 is 29.6 Å². The molecule has 0 spiro atoms. The fourth-order valence-corrected chi connectivity index (χ4v) is 2.16. The maximum Gasteiger partial charge on any atom is 0.439 e. The number of hydrogen-bond acceptors (Lipinski definition) is 2. The lowest BCUT2D eigenvalue weighted by molar-refractivity contribution is -0.294. The molecule has 0 atom stereocenters. The number of carbonyl (C=O) groups is 1. The van der Waals surface area contributed by atoms with Crippen molar-refractivity contribution in [2.45, 2.75) is 24.9 Å². The van der Waals surface area contributed by atoms with Gasteiger partial charge in [0.1, 0.15) is 0 Å². The molecule has 2 aromatic rings. The predicted octanol–water partition coefficient (Wildman–Crippen LogP) is 4.66. The summed E-state index contributed by atoms with van der Waals surface area (Å²) in [6.45, 7) is 1.63. The van der Waals surface area contributed by atoms with E-state index in [0.29, 0.717) is 5.56 Å². The molecule has 0 fully saturated rings. The van der Waals surface area contributed by atoms with Crippen molar-refractivity contribution in [1.82, 2.24) is 5.32 Å². The maximum atomic E-state index is 13.5. The van der Waals surface area contributed by atoms with E-state index in [-0.39, 0.29) is 5.56 Å². The maximum absolute atomic E-state index is 13.5. The van der Waals surface area contributed by atoms with Crippen molar-refractivity contribution >= 4 is 11.6 Å². The molecule has 2 N–H and O–H groups in total. The zero-order valence-corrected chi connectivity index (χ0v) is 13.4. The second-order valence-corrected chi connectivity index (χ2v) is 5.56. The number of aryl methyl sites for hydroxylation is 1. The van der Waals surface area contributed by atoms with E-state index in [9.17, 15) is 31.1 Å². The van der Waals surface area contributed by atoms with Crippen LogP contribution in [0.4, 0.5) is 32.0 Å². The molecule has 0 aromatic heterocycles. The number of hydrogen-bond donors (Lipinski definition) is 2. The molecule has 9 heteroatoms. The third kappa shape index (κ3) is 3.92. The summed E-state index contributed by atoms with van der Waals surface area (Å²) in [5.74, 6) is -1.51. The quantitative estimate of drug-likeness (QED) is 0.602. The Morgan fingerprint density at radius 1 is 0.808 bits per heavy atom. The lowest BCUT2D eigenvalue weighted by Gasteiger charge is -2.39. The van der Waals surface area contributed by atoms with Crippen LogP contribution in [-0.2, 0) is 0 Å². The molecule has 0 saturated carbocycles. The van der Waals surface area contributed by atoms with Crippen LogP contribution in [0.5, 0.6) is 0 Å². The van der Waals surface area contributed by atoms with Crippen molar-refractivity contribution < 1.29 is 31.1 Å². The monoisotopic (exact) mass is 376 g/mol. The van der Waals surface area contributed by atoms with Crippen LogP contribution in [0.15, 0.2) is 54.6 Å². The number of anilines is 1. The summed E-state index contributed by atoms with van der Waals surface area (Å²) in [4.78, 5) is 12.0. The van der Waals surface area contributed by atoms with E-state index >= 15 is 0 Å².